The van der Waals surface area contributed by atoms with Gasteiger partial charge in [-0.3, -0.25) is 0 Å². The van der Waals surface area contributed by atoms with E-state index < -0.39 is 5.41 Å². The molecule has 6 atom stereocenters. The van der Waals surface area contributed by atoms with Crippen molar-refractivity contribution in [3.63, 3.8) is 0 Å². The van der Waals surface area contributed by atoms with Gasteiger partial charge in [0, 0.05) is 11.8 Å². The highest BCUT2D eigenvalue weighted by Crippen LogP contribution is 2.73. The Morgan fingerprint density at radius 3 is 1.47 bits per heavy atom. The maximum atomic E-state index is 9.20. The highest BCUT2D eigenvalue weighted by Gasteiger charge is 2.76. The minimum Gasteiger partial charge on any atom is -0.198 e. The van der Waals surface area contributed by atoms with Gasteiger partial charge in [0.05, 0.1) is 36.1 Å². The highest BCUT2D eigenvalue weighted by molar-refractivity contribution is 5.43. The molecule has 0 aliphatic heterocycles. The van der Waals surface area contributed by atoms with E-state index in [9.17, 15) is 10.5 Å². The lowest BCUT2D eigenvalue weighted by Gasteiger charge is -2.37. The van der Waals surface area contributed by atoms with Crippen molar-refractivity contribution in [2.24, 2.45) is 40.9 Å². The van der Waals surface area contributed by atoms with Gasteiger partial charge in [0.1, 0.15) is 0 Å². The van der Waals surface area contributed by atoms with Crippen molar-refractivity contribution < 1.29 is 0 Å². The van der Waals surface area contributed by atoms with Gasteiger partial charge in [-0.25, -0.2) is 0 Å². The molecule has 0 aromatic carbocycles. The zero-order chi connectivity index (χ0) is 12.2. The normalized spacial score (nSPS) is 46.8. The van der Waals surface area contributed by atoms with E-state index in [4.69, 9.17) is 10.5 Å². The van der Waals surface area contributed by atoms with Crippen molar-refractivity contribution in [2.45, 2.75) is 0 Å². The summed E-state index contributed by atoms with van der Waals surface area (Å²) in [6.07, 6.45) is 3.87. The highest BCUT2D eigenvalue weighted by atomic mass is 14.8. The third-order valence-corrected chi connectivity index (χ3v) is 4.60. The van der Waals surface area contributed by atoms with E-state index in [0.29, 0.717) is 0 Å². The summed E-state index contributed by atoms with van der Waals surface area (Å²) in [4.78, 5) is 0. The molecule has 0 N–H and O–H groups in total. The van der Waals surface area contributed by atoms with Crippen molar-refractivity contribution in [2.75, 3.05) is 0 Å². The second-order valence-electron chi connectivity index (χ2n) is 4.99. The summed E-state index contributed by atoms with van der Waals surface area (Å²) in [6.45, 7) is 0. The molecule has 4 heteroatoms. The first-order chi connectivity index (χ1) is 8.25. The number of allylic oxidation sites excluding steroid dienone is 2. The summed E-state index contributed by atoms with van der Waals surface area (Å²) < 4.78 is 0. The van der Waals surface area contributed by atoms with Crippen LogP contribution in [0.4, 0.5) is 0 Å². The second kappa shape index (κ2) is 2.88. The van der Waals surface area contributed by atoms with E-state index in [2.05, 4.69) is 24.3 Å². The molecular weight excluding hydrogens is 212 g/mol. The molecule has 17 heavy (non-hydrogen) atoms. The molecule has 0 spiro atoms. The van der Waals surface area contributed by atoms with Gasteiger partial charge in [-0.15, -0.1) is 0 Å². The predicted octanol–water partition coefficient (Wildman–Crippen LogP) is 1.36. The third kappa shape index (κ3) is 0.860. The minimum absolute atomic E-state index is 0.0400. The lowest BCUT2D eigenvalue weighted by molar-refractivity contribution is 0.195. The van der Waals surface area contributed by atoms with E-state index in [0.717, 1.165) is 0 Å². The van der Waals surface area contributed by atoms with Gasteiger partial charge < -0.3 is 0 Å². The first-order valence-corrected chi connectivity index (χ1v) is 5.55. The summed E-state index contributed by atoms with van der Waals surface area (Å²) >= 11 is 0. The number of nitrogens with zero attached hydrogens (tertiary/aromatic N) is 4. The van der Waals surface area contributed by atoms with Crippen molar-refractivity contribution >= 4 is 0 Å². The molecule has 2 bridgehead atoms. The van der Waals surface area contributed by atoms with Crippen LogP contribution in [0.2, 0.25) is 0 Å². The maximum Gasteiger partial charge on any atom is 0.151 e. The lowest BCUT2D eigenvalue weighted by Crippen LogP contribution is -2.37. The Morgan fingerprint density at radius 2 is 1.18 bits per heavy atom. The Labute approximate surface area is 99.0 Å². The molecule has 0 radical (unpaired) electrons. The molecule has 80 valence electrons. The van der Waals surface area contributed by atoms with Crippen LogP contribution < -0.4 is 0 Å². The SMILES string of the molecule is N#CC1C(C#N)C2C=CC1C1C2C1(C#N)C#N. The van der Waals surface area contributed by atoms with Crippen LogP contribution in [0.5, 0.6) is 0 Å². The molecule has 0 aromatic heterocycles. The van der Waals surface area contributed by atoms with Crippen molar-refractivity contribution in [3.8, 4) is 24.3 Å². The minimum atomic E-state index is -0.959. The summed E-state index contributed by atoms with van der Waals surface area (Å²) in [5.41, 5.74) is -0.959. The fourth-order valence-electron chi connectivity index (χ4n) is 3.85. The molecular formula is C13H8N4. The van der Waals surface area contributed by atoms with Gasteiger partial charge in [0.2, 0.25) is 0 Å². The Bertz CT molecular complexity index is 525. The molecule has 2 fully saturated rings. The van der Waals surface area contributed by atoms with E-state index in [1.54, 1.807) is 0 Å². The number of nitriles is 4. The largest absolute Gasteiger partial charge is 0.198 e. The number of rotatable bonds is 0. The van der Waals surface area contributed by atoms with Gasteiger partial charge in [-0.05, 0) is 11.8 Å². The van der Waals surface area contributed by atoms with E-state index in [1.165, 1.54) is 0 Å². The van der Waals surface area contributed by atoms with Gasteiger partial charge in [-0.2, -0.15) is 21.0 Å². The van der Waals surface area contributed by atoms with Crippen LogP contribution >= 0.6 is 0 Å². The van der Waals surface area contributed by atoms with Crippen LogP contribution in [0.25, 0.3) is 0 Å². The molecule has 4 rings (SSSR count). The van der Waals surface area contributed by atoms with Crippen LogP contribution in [0.3, 0.4) is 0 Å². The predicted molar refractivity (Wildman–Crippen MR) is 55.0 cm³/mol. The van der Waals surface area contributed by atoms with Gasteiger partial charge >= 0.3 is 0 Å². The first kappa shape index (κ1) is 9.89. The molecule has 6 unspecified atom stereocenters. The standard InChI is InChI=1S/C13H8N4/c14-3-9-7-1-2-8(10(9)4-15)12-11(7)13(12,5-16)6-17/h1-2,7-12H. The maximum absolute atomic E-state index is 9.20. The Balaban J connectivity index is 2.10. The lowest BCUT2D eigenvalue weighted by atomic mass is 9.63. The zero-order valence-electron chi connectivity index (χ0n) is 8.91. The topological polar surface area (TPSA) is 95.2 Å². The van der Waals surface area contributed by atoms with E-state index in [-0.39, 0.29) is 35.5 Å². The molecule has 4 nitrogen and oxygen atoms in total. The van der Waals surface area contributed by atoms with Crippen LogP contribution in [-0.4, -0.2) is 0 Å². The fraction of sp³-hybridized carbons (Fsp3) is 0.538. The molecule has 4 aliphatic carbocycles. The molecule has 0 aromatic rings. The number of hydrogen-bond acceptors (Lipinski definition) is 4. The average Bonchev–Trinajstić information content (AvgIpc) is 3.09. The quantitative estimate of drug-likeness (QED) is 0.576. The second-order valence-corrected chi connectivity index (χ2v) is 4.99. The van der Waals surface area contributed by atoms with Crippen molar-refractivity contribution in [3.05, 3.63) is 12.2 Å². The summed E-state index contributed by atoms with van der Waals surface area (Å²) in [5.74, 6) is -0.999. The van der Waals surface area contributed by atoms with Crippen LogP contribution in [-0.2, 0) is 0 Å². The molecule has 0 heterocycles. The van der Waals surface area contributed by atoms with Crippen molar-refractivity contribution in [1.82, 2.24) is 0 Å². The van der Waals surface area contributed by atoms with Crippen molar-refractivity contribution in [1.29, 1.82) is 21.0 Å². The van der Waals surface area contributed by atoms with Crippen LogP contribution in [0.1, 0.15) is 0 Å². The third-order valence-electron chi connectivity index (χ3n) is 4.60. The Morgan fingerprint density at radius 1 is 0.765 bits per heavy atom. The van der Waals surface area contributed by atoms with Gasteiger partial charge in [0.25, 0.3) is 0 Å². The van der Waals surface area contributed by atoms with Gasteiger partial charge in [-0.1, -0.05) is 12.2 Å². The van der Waals surface area contributed by atoms with E-state index >= 15 is 0 Å². The first-order valence-electron chi connectivity index (χ1n) is 5.55. The molecule has 0 amide bonds. The summed E-state index contributed by atoms with van der Waals surface area (Å²) in [5, 5.41) is 36.7. The van der Waals surface area contributed by atoms with E-state index in [1.807, 2.05) is 12.2 Å². The summed E-state index contributed by atoms with van der Waals surface area (Å²) in [7, 11) is 0. The Hall–Kier alpha value is -2.30. The Kier molecular flexibility index (Phi) is 1.68. The fourth-order valence-corrected chi connectivity index (χ4v) is 3.85. The zero-order valence-corrected chi connectivity index (χ0v) is 8.91. The summed E-state index contributed by atoms with van der Waals surface area (Å²) in [6, 6.07) is 8.60. The number of hydrogen-bond donors (Lipinski definition) is 0. The average molecular weight is 220 g/mol. The molecule has 0 saturated heterocycles. The van der Waals surface area contributed by atoms with Crippen LogP contribution in [0, 0.1) is 86.2 Å². The molecule has 4 aliphatic rings. The van der Waals surface area contributed by atoms with Crippen LogP contribution in [0.15, 0.2) is 12.2 Å². The number of fused-ring (bicyclic) bond motifs is 1. The molecule has 2 saturated carbocycles. The monoisotopic (exact) mass is 220 g/mol. The smallest absolute Gasteiger partial charge is 0.151 e. The van der Waals surface area contributed by atoms with Gasteiger partial charge in [0.15, 0.2) is 5.41 Å².